The third-order valence-corrected chi connectivity index (χ3v) is 5.77. The summed E-state index contributed by atoms with van der Waals surface area (Å²) < 4.78 is 1.57. The smallest absolute Gasteiger partial charge is 0.221 e. The molecule has 0 atom stereocenters. The molecule has 0 fully saturated rings. The number of rotatable bonds is 6. The SMILES string of the molecule is CC(=O)Nc1cccc(-n2nnnc2SCC(=O)c2ccc3c(c2)CCCC3)c1. The van der Waals surface area contributed by atoms with E-state index in [-0.39, 0.29) is 17.4 Å². The number of hydrogen-bond acceptors (Lipinski definition) is 6. The second-order valence-corrected chi connectivity index (χ2v) is 7.95. The maximum atomic E-state index is 12.7. The lowest BCUT2D eigenvalue weighted by Gasteiger charge is -2.16. The van der Waals surface area contributed by atoms with Gasteiger partial charge in [-0.1, -0.05) is 30.0 Å². The van der Waals surface area contributed by atoms with E-state index >= 15 is 0 Å². The normalized spacial score (nSPS) is 13.0. The van der Waals surface area contributed by atoms with Crippen molar-refractivity contribution in [1.82, 2.24) is 20.2 Å². The van der Waals surface area contributed by atoms with Crippen LogP contribution in [0.2, 0.25) is 0 Å². The molecule has 1 aliphatic rings. The molecule has 29 heavy (non-hydrogen) atoms. The molecule has 2 aromatic carbocycles. The highest BCUT2D eigenvalue weighted by molar-refractivity contribution is 7.99. The van der Waals surface area contributed by atoms with E-state index in [0.29, 0.717) is 16.5 Å². The summed E-state index contributed by atoms with van der Waals surface area (Å²) in [5.74, 6) is 0.166. The Morgan fingerprint density at radius 1 is 1.10 bits per heavy atom. The summed E-state index contributed by atoms with van der Waals surface area (Å²) in [5, 5.41) is 15.1. The van der Waals surface area contributed by atoms with Crippen LogP contribution in [0.1, 0.15) is 41.3 Å². The molecule has 0 unspecified atom stereocenters. The highest BCUT2D eigenvalue weighted by Crippen LogP contribution is 2.25. The fourth-order valence-corrected chi connectivity index (χ4v) is 4.26. The summed E-state index contributed by atoms with van der Waals surface area (Å²) >= 11 is 1.30. The number of tetrazole rings is 1. The first kappa shape index (κ1) is 19.3. The zero-order chi connectivity index (χ0) is 20.2. The Kier molecular flexibility index (Phi) is 5.71. The van der Waals surface area contributed by atoms with Crippen molar-refractivity contribution in [2.45, 2.75) is 37.8 Å². The van der Waals surface area contributed by atoms with Crippen LogP contribution in [-0.2, 0) is 17.6 Å². The van der Waals surface area contributed by atoms with Gasteiger partial charge in [-0.3, -0.25) is 9.59 Å². The molecule has 4 rings (SSSR count). The minimum atomic E-state index is -0.149. The number of fused-ring (bicyclic) bond motifs is 1. The second kappa shape index (κ2) is 8.57. The van der Waals surface area contributed by atoms with Crippen LogP contribution in [0.3, 0.4) is 0 Å². The lowest BCUT2D eigenvalue weighted by Crippen LogP contribution is -2.09. The summed E-state index contributed by atoms with van der Waals surface area (Å²) in [6, 6.07) is 13.3. The molecule has 148 valence electrons. The molecule has 0 radical (unpaired) electrons. The Labute approximate surface area is 172 Å². The summed E-state index contributed by atoms with van der Waals surface area (Å²) in [6.07, 6.45) is 4.56. The summed E-state index contributed by atoms with van der Waals surface area (Å²) in [5.41, 5.74) is 4.77. The van der Waals surface area contributed by atoms with Crippen molar-refractivity contribution in [2.75, 3.05) is 11.1 Å². The van der Waals surface area contributed by atoms with Crippen LogP contribution in [0.25, 0.3) is 5.69 Å². The third-order valence-electron chi connectivity index (χ3n) is 4.85. The van der Waals surface area contributed by atoms with Crippen molar-refractivity contribution < 1.29 is 9.59 Å². The minimum absolute atomic E-state index is 0.0601. The fraction of sp³-hybridized carbons (Fsp3) is 0.286. The van der Waals surface area contributed by atoms with Crippen LogP contribution in [0.15, 0.2) is 47.6 Å². The van der Waals surface area contributed by atoms with E-state index in [1.165, 1.54) is 42.7 Å². The molecule has 1 aromatic heterocycles. The van der Waals surface area contributed by atoms with Gasteiger partial charge in [0.05, 0.1) is 11.4 Å². The second-order valence-electron chi connectivity index (χ2n) is 7.01. The monoisotopic (exact) mass is 407 g/mol. The average molecular weight is 407 g/mol. The molecule has 1 amide bonds. The van der Waals surface area contributed by atoms with Crippen LogP contribution < -0.4 is 5.32 Å². The Hall–Kier alpha value is -3.00. The highest BCUT2D eigenvalue weighted by atomic mass is 32.2. The van der Waals surface area contributed by atoms with Crippen LogP contribution in [0.4, 0.5) is 5.69 Å². The summed E-state index contributed by atoms with van der Waals surface area (Å²) in [7, 11) is 0. The van der Waals surface area contributed by atoms with E-state index in [2.05, 4.69) is 26.9 Å². The molecule has 3 aromatic rings. The van der Waals surface area contributed by atoms with Gasteiger partial charge < -0.3 is 5.32 Å². The first-order valence-electron chi connectivity index (χ1n) is 9.54. The zero-order valence-corrected chi connectivity index (χ0v) is 16.9. The number of amides is 1. The molecular weight excluding hydrogens is 386 g/mol. The van der Waals surface area contributed by atoms with Gasteiger partial charge in [-0.25, -0.2) is 0 Å². The number of aryl methyl sites for hydroxylation is 2. The van der Waals surface area contributed by atoms with Gasteiger partial charge >= 0.3 is 0 Å². The number of aromatic nitrogens is 4. The summed E-state index contributed by atoms with van der Waals surface area (Å²) in [6.45, 7) is 1.46. The van der Waals surface area contributed by atoms with E-state index in [1.54, 1.807) is 16.8 Å². The van der Waals surface area contributed by atoms with Gasteiger partial charge in [0.15, 0.2) is 5.78 Å². The van der Waals surface area contributed by atoms with E-state index < -0.39 is 0 Å². The Morgan fingerprint density at radius 2 is 1.93 bits per heavy atom. The van der Waals surface area contributed by atoms with E-state index in [4.69, 9.17) is 0 Å². The molecule has 0 bridgehead atoms. The van der Waals surface area contributed by atoms with Crippen molar-refractivity contribution in [3.63, 3.8) is 0 Å². The van der Waals surface area contributed by atoms with Gasteiger partial charge in [-0.05, 0) is 71.5 Å². The molecule has 1 aliphatic carbocycles. The number of thioether (sulfide) groups is 1. The Morgan fingerprint density at radius 3 is 2.76 bits per heavy atom. The first-order chi connectivity index (χ1) is 14.1. The van der Waals surface area contributed by atoms with Gasteiger partial charge in [0, 0.05) is 18.2 Å². The Balaban J connectivity index is 1.47. The third kappa shape index (κ3) is 4.54. The number of anilines is 1. The molecule has 0 saturated heterocycles. The van der Waals surface area contributed by atoms with Crippen LogP contribution >= 0.6 is 11.8 Å². The standard InChI is InChI=1S/C21H21N5O2S/c1-14(27)22-18-7-4-8-19(12-18)26-21(23-24-25-26)29-13-20(28)17-10-9-15-5-2-3-6-16(15)11-17/h4,7-12H,2-3,5-6,13H2,1H3,(H,22,27). The molecule has 0 saturated carbocycles. The molecule has 0 aliphatic heterocycles. The highest BCUT2D eigenvalue weighted by Gasteiger charge is 2.16. The number of ketones is 1. The number of nitrogens with one attached hydrogen (secondary N) is 1. The van der Waals surface area contributed by atoms with E-state index in [9.17, 15) is 9.59 Å². The predicted octanol–water partition coefficient (Wildman–Crippen LogP) is 3.47. The molecule has 1 heterocycles. The number of nitrogens with zero attached hydrogens (tertiary/aromatic N) is 4. The number of hydrogen-bond donors (Lipinski definition) is 1. The van der Waals surface area contributed by atoms with Gasteiger partial charge in [-0.2, -0.15) is 4.68 Å². The maximum absolute atomic E-state index is 12.7. The number of benzene rings is 2. The lowest BCUT2D eigenvalue weighted by molar-refractivity contribution is -0.114. The van der Waals surface area contributed by atoms with Gasteiger partial charge in [0.25, 0.3) is 0 Å². The van der Waals surface area contributed by atoms with Crippen molar-refractivity contribution in [3.8, 4) is 5.69 Å². The van der Waals surface area contributed by atoms with Gasteiger partial charge in [0.2, 0.25) is 11.1 Å². The minimum Gasteiger partial charge on any atom is -0.326 e. The molecule has 8 heteroatoms. The van der Waals surface area contributed by atoms with Crippen molar-refractivity contribution in [2.24, 2.45) is 0 Å². The largest absolute Gasteiger partial charge is 0.326 e. The summed E-state index contributed by atoms with van der Waals surface area (Å²) in [4.78, 5) is 24.0. The molecular formula is C21H21N5O2S. The average Bonchev–Trinajstić information content (AvgIpc) is 3.20. The quantitative estimate of drug-likeness (QED) is 0.497. The fourth-order valence-electron chi connectivity index (χ4n) is 3.47. The zero-order valence-electron chi connectivity index (χ0n) is 16.1. The molecule has 7 nitrogen and oxygen atoms in total. The first-order valence-corrected chi connectivity index (χ1v) is 10.5. The Bertz CT molecular complexity index is 1060. The number of carbonyl (C=O) groups is 2. The predicted molar refractivity (Wildman–Crippen MR) is 112 cm³/mol. The van der Waals surface area contributed by atoms with Crippen molar-refractivity contribution in [1.29, 1.82) is 0 Å². The van der Waals surface area contributed by atoms with Crippen LogP contribution in [0.5, 0.6) is 0 Å². The van der Waals surface area contributed by atoms with Crippen molar-refractivity contribution >= 4 is 29.1 Å². The van der Waals surface area contributed by atoms with Gasteiger partial charge in [-0.15, -0.1) is 5.10 Å². The molecule has 0 spiro atoms. The molecule has 1 N–H and O–H groups in total. The number of carbonyl (C=O) groups excluding carboxylic acids is 2. The van der Waals surface area contributed by atoms with Crippen LogP contribution in [0, 0.1) is 0 Å². The van der Waals surface area contributed by atoms with Crippen molar-refractivity contribution in [3.05, 3.63) is 59.2 Å². The lowest BCUT2D eigenvalue weighted by atomic mass is 9.90. The topological polar surface area (TPSA) is 89.8 Å². The van der Waals surface area contributed by atoms with E-state index in [1.807, 2.05) is 24.3 Å². The number of Topliss-reactive ketones (excluding diaryl/α,β-unsaturated/α-hetero) is 1. The van der Waals surface area contributed by atoms with Gasteiger partial charge in [0.1, 0.15) is 0 Å². The van der Waals surface area contributed by atoms with Crippen LogP contribution in [-0.4, -0.2) is 37.7 Å². The maximum Gasteiger partial charge on any atom is 0.221 e. The van der Waals surface area contributed by atoms with E-state index in [0.717, 1.165) is 18.4 Å².